The number of carboxylic acids is 1. The van der Waals surface area contributed by atoms with E-state index < -0.39 is 12.0 Å². The molecule has 0 bridgehead atoms. The summed E-state index contributed by atoms with van der Waals surface area (Å²) in [4.78, 5) is 10.6. The van der Waals surface area contributed by atoms with Crippen molar-refractivity contribution in [3.8, 4) is 11.5 Å². The minimum Gasteiger partial charge on any atom is -0.480 e. The number of rotatable bonds is 6. The van der Waals surface area contributed by atoms with Crippen molar-refractivity contribution in [3.63, 3.8) is 0 Å². The molecule has 0 fully saturated rings. The van der Waals surface area contributed by atoms with Gasteiger partial charge in [-0.15, -0.1) is 22.0 Å². The maximum atomic E-state index is 10.6. The Kier molecular flexibility index (Phi) is 4.75. The first-order valence-electron chi connectivity index (χ1n) is 6.02. The van der Waals surface area contributed by atoms with Crippen LogP contribution in [0.2, 0.25) is 0 Å². The molecule has 0 spiro atoms. The quantitative estimate of drug-likeness (QED) is 0.835. The van der Waals surface area contributed by atoms with Crippen molar-refractivity contribution in [2.75, 3.05) is 5.75 Å². The summed E-state index contributed by atoms with van der Waals surface area (Å²) >= 11 is 1.35. The van der Waals surface area contributed by atoms with Gasteiger partial charge in [-0.05, 0) is 19.1 Å². The molecule has 2 aromatic rings. The van der Waals surface area contributed by atoms with Gasteiger partial charge in [-0.3, -0.25) is 4.79 Å². The molecule has 0 unspecified atom stereocenters. The molecule has 1 atom stereocenters. The normalized spacial score (nSPS) is 12.3. The Balaban J connectivity index is 1.94. The van der Waals surface area contributed by atoms with Crippen LogP contribution in [-0.4, -0.2) is 33.1 Å². The number of hydrogen-bond donors (Lipinski definition) is 2. The zero-order valence-corrected chi connectivity index (χ0v) is 11.8. The molecule has 1 aromatic heterocycles. The van der Waals surface area contributed by atoms with Crippen molar-refractivity contribution in [1.82, 2.24) is 10.2 Å². The summed E-state index contributed by atoms with van der Waals surface area (Å²) in [6, 6.07) is 6.90. The highest BCUT2D eigenvalue weighted by molar-refractivity contribution is 7.98. The SMILES string of the molecule is Cc1cccc(-c2nnc(CSC[C@@H](N)C(=O)O)o2)c1. The third kappa shape index (κ3) is 3.82. The van der Waals surface area contributed by atoms with Crippen LogP contribution in [0.1, 0.15) is 11.5 Å². The topological polar surface area (TPSA) is 102 Å². The van der Waals surface area contributed by atoms with E-state index in [0.29, 0.717) is 23.3 Å². The van der Waals surface area contributed by atoms with Crippen LogP contribution in [0.5, 0.6) is 0 Å². The molecule has 0 aliphatic rings. The van der Waals surface area contributed by atoms with Crippen molar-refractivity contribution >= 4 is 17.7 Å². The number of carbonyl (C=O) groups is 1. The molecule has 0 aliphatic carbocycles. The zero-order valence-electron chi connectivity index (χ0n) is 10.9. The molecule has 3 N–H and O–H groups in total. The lowest BCUT2D eigenvalue weighted by Gasteiger charge is -2.03. The number of nitrogens with zero attached hydrogens (tertiary/aromatic N) is 2. The highest BCUT2D eigenvalue weighted by atomic mass is 32.2. The van der Waals surface area contributed by atoms with Gasteiger partial charge in [0.2, 0.25) is 11.8 Å². The van der Waals surface area contributed by atoms with E-state index in [4.69, 9.17) is 15.3 Å². The van der Waals surface area contributed by atoms with Gasteiger partial charge >= 0.3 is 5.97 Å². The van der Waals surface area contributed by atoms with Crippen LogP contribution in [0.3, 0.4) is 0 Å². The van der Waals surface area contributed by atoms with Crippen LogP contribution < -0.4 is 5.73 Å². The molecule has 2 rings (SSSR count). The second kappa shape index (κ2) is 6.53. The molecule has 0 aliphatic heterocycles. The molecule has 0 saturated heterocycles. The zero-order chi connectivity index (χ0) is 14.5. The molecule has 20 heavy (non-hydrogen) atoms. The predicted octanol–water partition coefficient (Wildman–Crippen LogP) is 1.69. The van der Waals surface area contributed by atoms with E-state index in [1.54, 1.807) is 0 Å². The van der Waals surface area contributed by atoms with E-state index in [2.05, 4.69) is 10.2 Å². The van der Waals surface area contributed by atoms with E-state index in [1.165, 1.54) is 11.8 Å². The highest BCUT2D eigenvalue weighted by Crippen LogP contribution is 2.20. The third-order valence-electron chi connectivity index (χ3n) is 2.57. The Labute approximate surface area is 120 Å². The first-order valence-corrected chi connectivity index (χ1v) is 7.17. The number of benzene rings is 1. The van der Waals surface area contributed by atoms with Crippen LogP contribution >= 0.6 is 11.8 Å². The maximum absolute atomic E-state index is 10.6. The summed E-state index contributed by atoms with van der Waals surface area (Å²) in [6.07, 6.45) is 0. The van der Waals surface area contributed by atoms with Gasteiger partial charge in [0.05, 0.1) is 5.75 Å². The van der Waals surface area contributed by atoms with Gasteiger partial charge in [0.1, 0.15) is 6.04 Å². The first-order chi connectivity index (χ1) is 9.56. The van der Waals surface area contributed by atoms with Crippen molar-refractivity contribution in [2.45, 2.75) is 18.7 Å². The summed E-state index contributed by atoms with van der Waals surface area (Å²) in [5, 5.41) is 16.6. The fraction of sp³-hybridized carbons (Fsp3) is 0.308. The molecular weight excluding hydrogens is 278 g/mol. The predicted molar refractivity (Wildman–Crippen MR) is 76.2 cm³/mol. The van der Waals surface area contributed by atoms with Crippen molar-refractivity contribution in [2.24, 2.45) is 5.73 Å². The molecule has 0 radical (unpaired) electrons. The van der Waals surface area contributed by atoms with Crippen molar-refractivity contribution in [3.05, 3.63) is 35.7 Å². The van der Waals surface area contributed by atoms with Gasteiger partial charge < -0.3 is 15.3 Å². The van der Waals surface area contributed by atoms with Crippen LogP contribution in [0.25, 0.3) is 11.5 Å². The minimum atomic E-state index is -1.01. The van der Waals surface area contributed by atoms with Gasteiger partial charge in [0.15, 0.2) is 0 Å². The van der Waals surface area contributed by atoms with E-state index in [9.17, 15) is 4.79 Å². The number of aromatic nitrogens is 2. The molecule has 0 saturated carbocycles. The van der Waals surface area contributed by atoms with E-state index in [1.807, 2.05) is 31.2 Å². The standard InChI is InChI=1S/C13H15N3O3S/c1-8-3-2-4-9(5-8)12-16-15-11(19-12)7-20-6-10(14)13(17)18/h2-5,10H,6-7,14H2,1H3,(H,17,18)/t10-/m1/s1. The van der Waals surface area contributed by atoms with Crippen molar-refractivity contribution in [1.29, 1.82) is 0 Å². The largest absolute Gasteiger partial charge is 0.480 e. The average Bonchev–Trinajstić information content (AvgIpc) is 2.87. The highest BCUT2D eigenvalue weighted by Gasteiger charge is 2.13. The fourth-order valence-electron chi connectivity index (χ4n) is 1.55. The van der Waals surface area contributed by atoms with Gasteiger partial charge in [-0.1, -0.05) is 17.7 Å². The smallest absolute Gasteiger partial charge is 0.321 e. The first kappa shape index (κ1) is 14.5. The van der Waals surface area contributed by atoms with Crippen LogP contribution in [0.4, 0.5) is 0 Å². The number of aryl methyl sites for hydroxylation is 1. The maximum Gasteiger partial charge on any atom is 0.321 e. The molecule has 1 heterocycles. The summed E-state index contributed by atoms with van der Waals surface area (Å²) in [5.41, 5.74) is 7.39. The second-order valence-electron chi connectivity index (χ2n) is 4.33. The second-order valence-corrected chi connectivity index (χ2v) is 5.36. The molecule has 106 valence electrons. The summed E-state index contributed by atoms with van der Waals surface area (Å²) in [7, 11) is 0. The van der Waals surface area contributed by atoms with Crippen LogP contribution in [0, 0.1) is 6.92 Å². The Morgan fingerprint density at radius 3 is 3.00 bits per heavy atom. The number of aliphatic carboxylic acids is 1. The lowest BCUT2D eigenvalue weighted by molar-refractivity contribution is -0.137. The molecule has 7 heteroatoms. The lowest BCUT2D eigenvalue weighted by atomic mass is 10.1. The van der Waals surface area contributed by atoms with Gasteiger partial charge in [0, 0.05) is 11.3 Å². The van der Waals surface area contributed by atoms with Gasteiger partial charge in [0.25, 0.3) is 0 Å². The van der Waals surface area contributed by atoms with Gasteiger partial charge in [-0.25, -0.2) is 0 Å². The molecule has 0 amide bonds. The summed E-state index contributed by atoms with van der Waals surface area (Å²) in [5.74, 6) is 0.663. The van der Waals surface area contributed by atoms with Crippen LogP contribution in [0.15, 0.2) is 28.7 Å². The minimum absolute atomic E-state index is 0.303. The number of thioether (sulfide) groups is 1. The Bertz CT molecular complexity index is 600. The Morgan fingerprint density at radius 1 is 1.50 bits per heavy atom. The van der Waals surface area contributed by atoms with Gasteiger partial charge in [-0.2, -0.15) is 0 Å². The molecule has 1 aromatic carbocycles. The van der Waals surface area contributed by atoms with Crippen LogP contribution in [-0.2, 0) is 10.5 Å². The number of nitrogens with two attached hydrogens (primary N) is 1. The van der Waals surface area contributed by atoms with E-state index in [-0.39, 0.29) is 0 Å². The monoisotopic (exact) mass is 293 g/mol. The van der Waals surface area contributed by atoms with E-state index >= 15 is 0 Å². The molecule has 6 nitrogen and oxygen atoms in total. The van der Waals surface area contributed by atoms with Crippen molar-refractivity contribution < 1.29 is 14.3 Å². The molecular formula is C13H15N3O3S. The summed E-state index contributed by atoms with van der Waals surface area (Å²) < 4.78 is 5.54. The number of carboxylic acid groups (broad SMARTS) is 1. The van der Waals surface area contributed by atoms with E-state index in [0.717, 1.165) is 11.1 Å². The number of hydrogen-bond acceptors (Lipinski definition) is 6. The average molecular weight is 293 g/mol. The lowest BCUT2D eigenvalue weighted by Crippen LogP contribution is -2.32. The third-order valence-corrected chi connectivity index (χ3v) is 3.62. The Morgan fingerprint density at radius 2 is 2.30 bits per heavy atom. The summed E-state index contributed by atoms with van der Waals surface area (Å²) in [6.45, 7) is 1.99. The Hall–Kier alpha value is -1.86. The fourth-order valence-corrected chi connectivity index (χ4v) is 2.36.